The molecule has 0 atom stereocenters. The number of fused-ring (bicyclic) bond motifs is 2. The van der Waals surface area contributed by atoms with Crippen LogP contribution >= 0.6 is 11.3 Å². The van der Waals surface area contributed by atoms with Gasteiger partial charge in [-0.1, -0.05) is 31.3 Å². The zero-order valence-electron chi connectivity index (χ0n) is 22.0. The molecule has 0 aliphatic carbocycles. The Kier molecular flexibility index (Phi) is 7.15. The number of halogens is 3. The van der Waals surface area contributed by atoms with E-state index in [-0.39, 0.29) is 17.3 Å². The average Bonchev–Trinajstić information content (AvgIpc) is 3.15. The molecule has 0 saturated carbocycles. The fraction of sp³-hybridized carbons (Fsp3) is 0.536. The van der Waals surface area contributed by atoms with Gasteiger partial charge in [0.15, 0.2) is 0 Å². The van der Waals surface area contributed by atoms with Gasteiger partial charge in [-0.3, -0.25) is 19.5 Å². The highest BCUT2D eigenvalue weighted by atomic mass is 32.1. The Morgan fingerprint density at radius 1 is 1.16 bits per heavy atom. The number of carbonyl (C=O) groups is 1. The van der Waals surface area contributed by atoms with Crippen molar-refractivity contribution in [2.24, 2.45) is 18.4 Å². The zero-order valence-corrected chi connectivity index (χ0v) is 22.8. The molecule has 0 N–H and O–H groups in total. The van der Waals surface area contributed by atoms with Crippen LogP contribution in [0.3, 0.4) is 0 Å². The number of likely N-dealkylation sites (tertiary alicyclic amines) is 1. The molecule has 4 heterocycles. The van der Waals surface area contributed by atoms with Crippen LogP contribution in [0.2, 0.25) is 0 Å². The number of alkyl halides is 3. The first-order chi connectivity index (χ1) is 17.9. The quantitative estimate of drug-likeness (QED) is 0.440. The van der Waals surface area contributed by atoms with E-state index in [0.717, 1.165) is 66.9 Å². The number of aryl methyl sites for hydroxylation is 1. The van der Waals surface area contributed by atoms with Crippen molar-refractivity contribution in [2.45, 2.75) is 58.8 Å². The van der Waals surface area contributed by atoms with E-state index in [0.29, 0.717) is 30.1 Å². The summed E-state index contributed by atoms with van der Waals surface area (Å²) in [6, 6.07) is 7.28. The van der Waals surface area contributed by atoms with Crippen molar-refractivity contribution in [2.75, 3.05) is 19.6 Å². The minimum atomic E-state index is -4.46. The van der Waals surface area contributed by atoms with Gasteiger partial charge in [0.1, 0.15) is 0 Å². The number of rotatable bonds is 5. The first-order valence-electron chi connectivity index (χ1n) is 13.1. The maximum absolute atomic E-state index is 14.0. The van der Waals surface area contributed by atoms with Crippen LogP contribution < -0.4 is 4.87 Å². The molecule has 0 spiro atoms. The first-order valence-corrected chi connectivity index (χ1v) is 13.9. The lowest BCUT2D eigenvalue weighted by Crippen LogP contribution is -2.51. The third-order valence-corrected chi connectivity index (χ3v) is 8.98. The van der Waals surface area contributed by atoms with Crippen molar-refractivity contribution in [1.29, 1.82) is 0 Å². The second-order valence-electron chi connectivity index (χ2n) is 11.2. The zero-order chi connectivity index (χ0) is 27.2. The number of carbonyl (C=O) groups excluding carboxylic acids is 1. The number of pyridine rings is 1. The van der Waals surface area contributed by atoms with E-state index in [1.807, 2.05) is 6.07 Å². The number of hydrogen-bond acceptors (Lipinski definition) is 5. The van der Waals surface area contributed by atoms with Crippen LogP contribution in [0.25, 0.3) is 10.2 Å². The van der Waals surface area contributed by atoms with Crippen LogP contribution in [0, 0.1) is 11.3 Å². The smallest absolute Gasteiger partial charge is 0.337 e. The molecule has 6 nitrogen and oxygen atoms in total. The molecule has 5 rings (SSSR count). The van der Waals surface area contributed by atoms with Crippen molar-refractivity contribution < 1.29 is 18.0 Å². The van der Waals surface area contributed by atoms with Crippen LogP contribution in [0.4, 0.5) is 13.2 Å². The van der Waals surface area contributed by atoms with Gasteiger partial charge in [-0.2, -0.15) is 13.2 Å². The molecule has 3 aromatic rings. The van der Waals surface area contributed by atoms with E-state index in [9.17, 15) is 22.8 Å². The predicted molar refractivity (Wildman–Crippen MR) is 142 cm³/mol. The molecule has 10 heteroatoms. The van der Waals surface area contributed by atoms with Gasteiger partial charge in [-0.05, 0) is 67.6 Å². The molecular weight excluding hydrogens is 513 g/mol. The van der Waals surface area contributed by atoms with E-state index in [2.05, 4.69) is 35.9 Å². The molecule has 1 saturated heterocycles. The SMILES string of the molecule is CC(C)CC1(C(=O)N2CCc3ncc(C(F)(F)F)cc3C2)CCN(Cc2ccc3c(c2)sc(=O)n3C)CC1. The Labute approximate surface area is 224 Å². The molecule has 0 unspecified atom stereocenters. The lowest BCUT2D eigenvalue weighted by molar-refractivity contribution is -0.147. The minimum Gasteiger partial charge on any atom is -0.337 e. The number of hydrogen-bond donors (Lipinski definition) is 0. The van der Waals surface area contributed by atoms with E-state index >= 15 is 0 Å². The highest BCUT2D eigenvalue weighted by Gasteiger charge is 2.44. The summed E-state index contributed by atoms with van der Waals surface area (Å²) in [6.07, 6.45) is -0.903. The summed E-state index contributed by atoms with van der Waals surface area (Å²) in [5.41, 5.74) is 1.94. The number of nitrogens with zero attached hydrogens (tertiary/aromatic N) is 4. The van der Waals surface area contributed by atoms with E-state index in [1.54, 1.807) is 16.5 Å². The first kappa shape index (κ1) is 26.9. The Morgan fingerprint density at radius 2 is 1.89 bits per heavy atom. The third-order valence-electron chi connectivity index (χ3n) is 7.98. The molecule has 2 aromatic heterocycles. The maximum Gasteiger partial charge on any atom is 0.417 e. The summed E-state index contributed by atoms with van der Waals surface area (Å²) in [4.78, 5) is 34.2. The number of amides is 1. The lowest BCUT2D eigenvalue weighted by atomic mass is 9.71. The van der Waals surface area contributed by atoms with Crippen LogP contribution in [0.15, 0.2) is 35.3 Å². The van der Waals surface area contributed by atoms with Crippen LogP contribution in [-0.2, 0) is 37.5 Å². The number of aromatic nitrogens is 2. The molecule has 1 aromatic carbocycles. The molecule has 2 aliphatic rings. The molecular formula is C28H33F3N4O2S. The highest BCUT2D eigenvalue weighted by molar-refractivity contribution is 7.16. The van der Waals surface area contributed by atoms with Crippen molar-refractivity contribution in [3.8, 4) is 0 Å². The largest absolute Gasteiger partial charge is 0.417 e. The van der Waals surface area contributed by atoms with Gasteiger partial charge in [0.05, 0.1) is 21.2 Å². The number of piperidine rings is 1. The van der Waals surface area contributed by atoms with Crippen LogP contribution in [0.1, 0.15) is 55.5 Å². The minimum absolute atomic E-state index is 0.0258. The van der Waals surface area contributed by atoms with Crippen LogP contribution in [-0.4, -0.2) is 44.9 Å². The molecule has 38 heavy (non-hydrogen) atoms. The lowest BCUT2D eigenvalue weighted by Gasteiger charge is -2.45. The maximum atomic E-state index is 14.0. The Morgan fingerprint density at radius 3 is 2.58 bits per heavy atom. The molecule has 204 valence electrons. The van der Waals surface area contributed by atoms with Gasteiger partial charge < -0.3 is 9.47 Å². The molecule has 0 bridgehead atoms. The molecule has 1 amide bonds. The van der Waals surface area contributed by atoms with Gasteiger partial charge in [-0.25, -0.2) is 0 Å². The topological polar surface area (TPSA) is 58.4 Å². The van der Waals surface area contributed by atoms with Gasteiger partial charge in [-0.15, -0.1) is 0 Å². The Hall–Kier alpha value is -2.72. The summed E-state index contributed by atoms with van der Waals surface area (Å²) in [6.45, 7) is 7.18. The third kappa shape index (κ3) is 5.25. The molecule has 2 aliphatic heterocycles. The summed E-state index contributed by atoms with van der Waals surface area (Å²) < 4.78 is 42.4. The van der Waals surface area contributed by atoms with Crippen LogP contribution in [0.5, 0.6) is 0 Å². The summed E-state index contributed by atoms with van der Waals surface area (Å²) in [5.74, 6) is 0.383. The standard InChI is InChI=1S/C28H33F3N4O2S/c1-18(2)14-27(25(36)35-9-6-22-20(17-35)13-21(15-32-22)28(29,30)31)7-10-34(11-8-27)16-19-4-5-23-24(12-19)38-26(37)33(23)3/h4-5,12-13,15,18H,6-11,14,16-17H2,1-3H3. The fourth-order valence-corrected chi connectivity index (χ4v) is 6.99. The second kappa shape index (κ2) is 10.1. The van der Waals surface area contributed by atoms with E-state index in [1.165, 1.54) is 11.3 Å². The van der Waals surface area contributed by atoms with Gasteiger partial charge in [0.25, 0.3) is 0 Å². The van der Waals surface area contributed by atoms with Crippen molar-refractivity contribution >= 4 is 27.5 Å². The number of thiazole rings is 1. The monoisotopic (exact) mass is 546 g/mol. The Bertz CT molecular complexity index is 1400. The van der Waals surface area contributed by atoms with Gasteiger partial charge in [0.2, 0.25) is 5.91 Å². The number of benzene rings is 1. The summed E-state index contributed by atoms with van der Waals surface area (Å²) >= 11 is 1.25. The van der Waals surface area contributed by atoms with Crippen molar-refractivity contribution in [3.63, 3.8) is 0 Å². The van der Waals surface area contributed by atoms with Gasteiger partial charge in [0, 0.05) is 45.0 Å². The van der Waals surface area contributed by atoms with E-state index in [4.69, 9.17) is 0 Å². The Balaban J connectivity index is 1.30. The second-order valence-corrected chi connectivity index (χ2v) is 12.2. The summed E-state index contributed by atoms with van der Waals surface area (Å²) in [5, 5.41) is 0. The molecule has 1 fully saturated rings. The average molecular weight is 547 g/mol. The van der Waals surface area contributed by atoms with Gasteiger partial charge >= 0.3 is 11.0 Å². The van der Waals surface area contributed by atoms with Crippen molar-refractivity contribution in [3.05, 3.63) is 62.5 Å². The molecule has 0 radical (unpaired) electrons. The highest BCUT2D eigenvalue weighted by Crippen LogP contribution is 2.41. The predicted octanol–water partition coefficient (Wildman–Crippen LogP) is 5.23. The fourth-order valence-electron chi connectivity index (χ4n) is 6.05. The van der Waals surface area contributed by atoms with E-state index < -0.39 is 17.2 Å². The normalized spacial score (nSPS) is 18.2. The summed E-state index contributed by atoms with van der Waals surface area (Å²) in [7, 11) is 1.78. The van der Waals surface area contributed by atoms with Crippen molar-refractivity contribution in [1.82, 2.24) is 19.4 Å².